The van der Waals surface area contributed by atoms with Gasteiger partial charge in [0, 0.05) is 18.3 Å². The van der Waals surface area contributed by atoms with Gasteiger partial charge >= 0.3 is 0 Å². The fourth-order valence-corrected chi connectivity index (χ4v) is 3.04. The van der Waals surface area contributed by atoms with Crippen LogP contribution in [-0.4, -0.2) is 12.5 Å². The van der Waals surface area contributed by atoms with E-state index < -0.39 is 0 Å². The lowest BCUT2D eigenvalue weighted by molar-refractivity contribution is -0.114. The Balaban J connectivity index is 2.33. The lowest BCUT2D eigenvalue weighted by Gasteiger charge is -2.12. The molecule has 0 unspecified atom stereocenters. The van der Waals surface area contributed by atoms with Crippen molar-refractivity contribution in [2.75, 3.05) is 11.9 Å². The number of carbonyl (C=O) groups is 1. The molecule has 1 aromatic rings. The van der Waals surface area contributed by atoms with Crippen LogP contribution in [0.5, 0.6) is 0 Å². The molecule has 2 N–H and O–H groups in total. The zero-order chi connectivity index (χ0) is 10.1. The number of amides is 1. The van der Waals surface area contributed by atoms with E-state index in [0.717, 1.165) is 24.5 Å². The smallest absolute Gasteiger partial charge is 0.221 e. The Morgan fingerprint density at radius 1 is 1.57 bits per heavy atom. The molecule has 0 aromatic carbocycles. The average Bonchev–Trinajstić information content (AvgIpc) is 2.44. The van der Waals surface area contributed by atoms with Crippen LogP contribution in [0.2, 0.25) is 0 Å². The predicted molar refractivity (Wildman–Crippen MR) is 58.8 cm³/mol. The molecule has 0 spiro atoms. The minimum absolute atomic E-state index is 0.0136. The standard InChI is InChI=1S/C10H14N2OS/c1-6-8-3-4-11-5-9(8)14-10(6)12-7(2)13/h11H,3-5H2,1-2H3,(H,12,13). The van der Waals surface area contributed by atoms with Gasteiger partial charge in [-0.1, -0.05) is 0 Å². The van der Waals surface area contributed by atoms with Crippen LogP contribution < -0.4 is 10.6 Å². The Kier molecular flexibility index (Phi) is 2.56. The monoisotopic (exact) mass is 210 g/mol. The first-order valence-electron chi connectivity index (χ1n) is 4.78. The van der Waals surface area contributed by atoms with E-state index in [0.29, 0.717) is 0 Å². The maximum absolute atomic E-state index is 11.0. The third kappa shape index (κ3) is 1.67. The van der Waals surface area contributed by atoms with E-state index in [-0.39, 0.29) is 5.91 Å². The van der Waals surface area contributed by atoms with Gasteiger partial charge in [0.15, 0.2) is 0 Å². The summed E-state index contributed by atoms with van der Waals surface area (Å²) in [6, 6.07) is 0. The van der Waals surface area contributed by atoms with E-state index in [1.54, 1.807) is 18.3 Å². The molecule has 1 aliphatic rings. The summed E-state index contributed by atoms with van der Waals surface area (Å²) in [5.74, 6) is 0.0136. The number of anilines is 1. The first kappa shape index (κ1) is 9.68. The molecule has 2 heterocycles. The van der Waals surface area contributed by atoms with Gasteiger partial charge in [-0.15, -0.1) is 11.3 Å². The van der Waals surface area contributed by atoms with Gasteiger partial charge in [-0.05, 0) is 31.0 Å². The number of hydrogen-bond donors (Lipinski definition) is 2. The number of rotatable bonds is 1. The third-order valence-electron chi connectivity index (χ3n) is 2.48. The molecule has 14 heavy (non-hydrogen) atoms. The Hall–Kier alpha value is -0.870. The van der Waals surface area contributed by atoms with E-state index in [4.69, 9.17) is 0 Å². The Morgan fingerprint density at radius 2 is 2.36 bits per heavy atom. The molecule has 0 aliphatic carbocycles. The largest absolute Gasteiger partial charge is 0.318 e. The van der Waals surface area contributed by atoms with Gasteiger partial charge in [0.25, 0.3) is 0 Å². The average molecular weight is 210 g/mol. The van der Waals surface area contributed by atoms with Crippen LogP contribution in [0.15, 0.2) is 0 Å². The molecule has 0 fully saturated rings. The number of nitrogens with one attached hydrogen (secondary N) is 2. The lowest BCUT2D eigenvalue weighted by atomic mass is 10.1. The topological polar surface area (TPSA) is 41.1 Å². The van der Waals surface area contributed by atoms with Gasteiger partial charge in [0.1, 0.15) is 0 Å². The van der Waals surface area contributed by atoms with Crippen molar-refractivity contribution in [2.24, 2.45) is 0 Å². The number of carbonyl (C=O) groups excluding carboxylic acids is 1. The summed E-state index contributed by atoms with van der Waals surface area (Å²) in [5.41, 5.74) is 2.68. The molecule has 1 amide bonds. The van der Waals surface area contributed by atoms with Gasteiger partial charge < -0.3 is 10.6 Å². The van der Waals surface area contributed by atoms with Crippen molar-refractivity contribution in [3.8, 4) is 0 Å². The second-order valence-corrected chi connectivity index (χ2v) is 4.67. The van der Waals surface area contributed by atoms with Crippen molar-refractivity contribution in [3.05, 3.63) is 16.0 Å². The van der Waals surface area contributed by atoms with E-state index in [9.17, 15) is 4.79 Å². The molecule has 2 rings (SSSR count). The molecule has 76 valence electrons. The molecule has 1 aromatic heterocycles. The normalized spacial score (nSPS) is 15.0. The fraction of sp³-hybridized carbons (Fsp3) is 0.500. The molecule has 0 radical (unpaired) electrons. The summed E-state index contributed by atoms with van der Waals surface area (Å²) >= 11 is 1.70. The van der Waals surface area contributed by atoms with Gasteiger partial charge in [-0.25, -0.2) is 0 Å². The maximum Gasteiger partial charge on any atom is 0.221 e. The van der Waals surface area contributed by atoms with Gasteiger partial charge in [0.05, 0.1) is 5.00 Å². The quantitative estimate of drug-likeness (QED) is 0.740. The minimum atomic E-state index is 0.0136. The number of hydrogen-bond acceptors (Lipinski definition) is 3. The van der Waals surface area contributed by atoms with Crippen molar-refractivity contribution >= 4 is 22.2 Å². The Morgan fingerprint density at radius 3 is 3.00 bits per heavy atom. The fourth-order valence-electron chi connectivity index (χ4n) is 1.77. The molecule has 4 heteroatoms. The molecule has 1 aliphatic heterocycles. The second kappa shape index (κ2) is 3.71. The highest BCUT2D eigenvalue weighted by Gasteiger charge is 2.17. The van der Waals surface area contributed by atoms with E-state index in [1.165, 1.54) is 16.0 Å². The zero-order valence-electron chi connectivity index (χ0n) is 8.44. The summed E-state index contributed by atoms with van der Waals surface area (Å²) < 4.78 is 0. The summed E-state index contributed by atoms with van der Waals surface area (Å²) in [4.78, 5) is 12.3. The minimum Gasteiger partial charge on any atom is -0.318 e. The lowest BCUT2D eigenvalue weighted by Crippen LogP contribution is -2.22. The maximum atomic E-state index is 11.0. The van der Waals surface area contributed by atoms with Crippen LogP contribution in [-0.2, 0) is 17.8 Å². The van der Waals surface area contributed by atoms with Crippen molar-refractivity contribution < 1.29 is 4.79 Å². The SMILES string of the molecule is CC(=O)Nc1sc2c(c1C)CCNC2. The first-order valence-corrected chi connectivity index (χ1v) is 5.59. The molecule has 3 nitrogen and oxygen atoms in total. The van der Waals surface area contributed by atoms with E-state index in [1.807, 2.05) is 0 Å². The number of fused-ring (bicyclic) bond motifs is 1. The summed E-state index contributed by atoms with van der Waals surface area (Å²) in [6.07, 6.45) is 1.08. The highest BCUT2D eigenvalue weighted by molar-refractivity contribution is 7.16. The zero-order valence-corrected chi connectivity index (χ0v) is 9.25. The first-order chi connectivity index (χ1) is 6.68. The van der Waals surface area contributed by atoms with Crippen LogP contribution in [0.4, 0.5) is 5.00 Å². The van der Waals surface area contributed by atoms with Gasteiger partial charge in [-0.2, -0.15) is 0 Å². The van der Waals surface area contributed by atoms with Crippen LogP contribution in [0.25, 0.3) is 0 Å². The van der Waals surface area contributed by atoms with E-state index >= 15 is 0 Å². The van der Waals surface area contributed by atoms with E-state index in [2.05, 4.69) is 17.6 Å². The Labute approximate surface area is 87.5 Å². The highest BCUT2D eigenvalue weighted by atomic mass is 32.1. The summed E-state index contributed by atoms with van der Waals surface area (Å²) in [7, 11) is 0. The molecule has 0 bridgehead atoms. The van der Waals surface area contributed by atoms with Crippen LogP contribution in [0.3, 0.4) is 0 Å². The van der Waals surface area contributed by atoms with Gasteiger partial charge in [-0.3, -0.25) is 4.79 Å². The van der Waals surface area contributed by atoms with Gasteiger partial charge in [0.2, 0.25) is 5.91 Å². The van der Waals surface area contributed by atoms with Crippen molar-refractivity contribution in [3.63, 3.8) is 0 Å². The second-order valence-electron chi connectivity index (χ2n) is 3.57. The van der Waals surface area contributed by atoms with Crippen LogP contribution in [0, 0.1) is 6.92 Å². The Bertz CT molecular complexity index is 370. The van der Waals surface area contributed by atoms with Crippen LogP contribution in [0.1, 0.15) is 22.9 Å². The highest BCUT2D eigenvalue weighted by Crippen LogP contribution is 2.34. The third-order valence-corrected chi connectivity index (χ3v) is 3.73. The molecule has 0 saturated heterocycles. The molecular weight excluding hydrogens is 196 g/mol. The molecular formula is C10H14N2OS. The molecule has 0 saturated carbocycles. The summed E-state index contributed by atoms with van der Waals surface area (Å²) in [6.45, 7) is 5.63. The van der Waals surface area contributed by atoms with Crippen molar-refractivity contribution in [1.82, 2.24) is 5.32 Å². The predicted octanol–water partition coefficient (Wildman–Crippen LogP) is 1.66. The summed E-state index contributed by atoms with van der Waals surface area (Å²) in [5, 5.41) is 7.23. The van der Waals surface area contributed by atoms with Crippen molar-refractivity contribution in [2.45, 2.75) is 26.8 Å². The molecule has 0 atom stereocenters. The van der Waals surface area contributed by atoms with Crippen molar-refractivity contribution in [1.29, 1.82) is 0 Å². The van der Waals surface area contributed by atoms with Crippen LogP contribution >= 0.6 is 11.3 Å². The number of thiophene rings is 1.